The van der Waals surface area contributed by atoms with Gasteiger partial charge in [0, 0.05) is 6.04 Å². The number of hydrogen-bond acceptors (Lipinski definition) is 3. The maximum absolute atomic E-state index is 13.4. The first kappa shape index (κ1) is 14.9. The van der Waals surface area contributed by atoms with Crippen LogP contribution < -0.4 is 5.73 Å². The Morgan fingerprint density at radius 2 is 2.16 bits per heavy atom. The molecule has 2 atom stereocenters. The van der Waals surface area contributed by atoms with Crippen molar-refractivity contribution in [3.05, 3.63) is 34.1 Å². The topological polar surface area (TPSA) is 60.2 Å². The highest BCUT2D eigenvalue weighted by Crippen LogP contribution is 2.26. The third-order valence-electron chi connectivity index (χ3n) is 3.59. The maximum Gasteiger partial charge on any atom is 0.154 e. The molecule has 1 aliphatic rings. The third kappa shape index (κ3) is 3.35. The number of hydrogen-bond donors (Lipinski definition) is 1. The number of sulfone groups is 1. The Morgan fingerprint density at radius 1 is 1.42 bits per heavy atom. The van der Waals surface area contributed by atoms with Crippen LogP contribution >= 0.6 is 15.9 Å². The number of halogens is 2. The molecule has 1 fully saturated rings. The maximum atomic E-state index is 13.4. The molecule has 2 unspecified atom stereocenters. The SMILES string of the molecule is NC(Cc1cccc(F)c1Br)C1CCCCS1(=O)=O. The van der Waals surface area contributed by atoms with E-state index < -0.39 is 21.1 Å². The van der Waals surface area contributed by atoms with Crippen molar-refractivity contribution in [2.75, 3.05) is 5.75 Å². The summed E-state index contributed by atoms with van der Waals surface area (Å²) in [6.07, 6.45) is 2.58. The summed E-state index contributed by atoms with van der Waals surface area (Å²) < 4.78 is 37.8. The van der Waals surface area contributed by atoms with E-state index in [1.54, 1.807) is 12.1 Å². The van der Waals surface area contributed by atoms with Crippen LogP contribution in [0.4, 0.5) is 4.39 Å². The molecule has 19 heavy (non-hydrogen) atoms. The molecule has 0 bridgehead atoms. The first-order chi connectivity index (χ1) is 8.92. The molecule has 106 valence electrons. The van der Waals surface area contributed by atoms with E-state index in [2.05, 4.69) is 15.9 Å². The second-order valence-electron chi connectivity index (χ2n) is 4.98. The molecular weight excluding hydrogens is 333 g/mol. The van der Waals surface area contributed by atoms with Crippen molar-refractivity contribution in [3.63, 3.8) is 0 Å². The Hall–Kier alpha value is -0.460. The Morgan fingerprint density at radius 3 is 2.84 bits per heavy atom. The van der Waals surface area contributed by atoms with E-state index in [1.165, 1.54) is 6.07 Å². The molecule has 1 aromatic carbocycles. The summed E-state index contributed by atoms with van der Waals surface area (Å²) in [4.78, 5) is 0. The summed E-state index contributed by atoms with van der Waals surface area (Å²) in [5.74, 6) is -0.133. The molecule has 1 saturated heterocycles. The zero-order chi connectivity index (χ0) is 14.0. The van der Waals surface area contributed by atoms with E-state index in [0.29, 0.717) is 22.9 Å². The van der Waals surface area contributed by atoms with Gasteiger partial charge in [-0.2, -0.15) is 0 Å². The first-order valence-electron chi connectivity index (χ1n) is 6.32. The smallest absolute Gasteiger partial charge is 0.154 e. The largest absolute Gasteiger partial charge is 0.326 e. The predicted molar refractivity (Wildman–Crippen MR) is 77.2 cm³/mol. The summed E-state index contributed by atoms with van der Waals surface area (Å²) in [6, 6.07) is 4.25. The van der Waals surface area contributed by atoms with Gasteiger partial charge in [-0.1, -0.05) is 18.6 Å². The standard InChI is InChI=1S/C13H17BrFNO2S/c14-13-9(4-3-5-10(13)15)8-11(16)12-6-1-2-7-19(12,17)18/h3-5,11-12H,1-2,6-8,16H2. The third-order valence-corrected chi connectivity index (χ3v) is 6.85. The highest BCUT2D eigenvalue weighted by molar-refractivity contribution is 9.10. The van der Waals surface area contributed by atoms with Gasteiger partial charge in [0.1, 0.15) is 5.82 Å². The van der Waals surface area contributed by atoms with E-state index in [0.717, 1.165) is 12.8 Å². The van der Waals surface area contributed by atoms with Gasteiger partial charge in [0.25, 0.3) is 0 Å². The number of benzene rings is 1. The lowest BCUT2D eigenvalue weighted by molar-refractivity contribution is 0.494. The van der Waals surface area contributed by atoms with Gasteiger partial charge in [-0.25, -0.2) is 12.8 Å². The minimum atomic E-state index is -3.10. The van der Waals surface area contributed by atoms with Gasteiger partial charge >= 0.3 is 0 Å². The average Bonchev–Trinajstić information content (AvgIpc) is 2.34. The quantitative estimate of drug-likeness (QED) is 0.911. The Balaban J connectivity index is 2.16. The second-order valence-corrected chi connectivity index (χ2v) is 8.11. The molecule has 1 aromatic rings. The molecule has 0 aromatic heterocycles. The van der Waals surface area contributed by atoms with Crippen LogP contribution in [0.15, 0.2) is 22.7 Å². The first-order valence-corrected chi connectivity index (χ1v) is 8.82. The van der Waals surface area contributed by atoms with Crippen molar-refractivity contribution in [2.45, 2.75) is 37.0 Å². The van der Waals surface area contributed by atoms with E-state index in [-0.39, 0.29) is 11.6 Å². The van der Waals surface area contributed by atoms with Crippen molar-refractivity contribution in [3.8, 4) is 0 Å². The van der Waals surface area contributed by atoms with E-state index in [9.17, 15) is 12.8 Å². The Kier molecular flexibility index (Phi) is 4.63. The molecule has 6 heteroatoms. The van der Waals surface area contributed by atoms with Crippen molar-refractivity contribution >= 4 is 25.8 Å². The molecule has 2 rings (SSSR count). The molecule has 1 heterocycles. The highest BCUT2D eigenvalue weighted by Gasteiger charge is 2.33. The van der Waals surface area contributed by atoms with Crippen LogP contribution in [-0.4, -0.2) is 25.5 Å². The molecule has 2 N–H and O–H groups in total. The lowest BCUT2D eigenvalue weighted by Crippen LogP contribution is -2.44. The number of rotatable bonds is 3. The van der Waals surface area contributed by atoms with Crippen LogP contribution in [0.2, 0.25) is 0 Å². The summed E-state index contributed by atoms with van der Waals surface area (Å²) >= 11 is 3.18. The van der Waals surface area contributed by atoms with Crippen LogP contribution in [-0.2, 0) is 16.3 Å². The molecule has 1 aliphatic heterocycles. The summed E-state index contributed by atoms with van der Waals surface area (Å²) in [5, 5.41) is -0.503. The Bertz CT molecular complexity index is 562. The fourth-order valence-electron chi connectivity index (χ4n) is 2.55. The second kappa shape index (κ2) is 5.89. The van der Waals surface area contributed by atoms with Crippen LogP contribution in [0.1, 0.15) is 24.8 Å². The van der Waals surface area contributed by atoms with Gasteiger partial charge in [0.05, 0.1) is 15.5 Å². The van der Waals surface area contributed by atoms with Crippen molar-refractivity contribution in [2.24, 2.45) is 5.73 Å². The van der Waals surface area contributed by atoms with E-state index in [4.69, 9.17) is 5.73 Å². The average molecular weight is 350 g/mol. The molecule has 0 amide bonds. The van der Waals surface area contributed by atoms with Crippen molar-refractivity contribution in [1.82, 2.24) is 0 Å². The highest BCUT2D eigenvalue weighted by atomic mass is 79.9. The fourth-order valence-corrected chi connectivity index (χ4v) is 5.04. The van der Waals surface area contributed by atoms with Crippen LogP contribution in [0, 0.1) is 5.82 Å². The molecule has 0 saturated carbocycles. The summed E-state index contributed by atoms with van der Waals surface area (Å²) in [7, 11) is -3.10. The van der Waals surface area contributed by atoms with E-state index >= 15 is 0 Å². The minimum Gasteiger partial charge on any atom is -0.326 e. The lowest BCUT2D eigenvalue weighted by Gasteiger charge is -2.27. The molecule has 3 nitrogen and oxygen atoms in total. The zero-order valence-electron chi connectivity index (χ0n) is 10.5. The van der Waals surface area contributed by atoms with Gasteiger partial charge in [-0.05, 0) is 46.8 Å². The molecule has 0 spiro atoms. The summed E-state index contributed by atoms with van der Waals surface area (Å²) in [6.45, 7) is 0. The van der Waals surface area contributed by atoms with Gasteiger partial charge in [-0.15, -0.1) is 0 Å². The zero-order valence-corrected chi connectivity index (χ0v) is 12.9. The minimum absolute atomic E-state index is 0.218. The lowest BCUT2D eigenvalue weighted by atomic mass is 10.0. The van der Waals surface area contributed by atoms with Gasteiger partial charge < -0.3 is 5.73 Å². The predicted octanol–water partition coefficient (Wildman–Crippen LogP) is 2.43. The van der Waals surface area contributed by atoms with Gasteiger partial charge in [0.15, 0.2) is 9.84 Å². The molecular formula is C13H17BrFNO2S. The van der Waals surface area contributed by atoms with E-state index in [1.807, 2.05) is 0 Å². The molecule has 0 radical (unpaired) electrons. The fraction of sp³-hybridized carbons (Fsp3) is 0.538. The number of nitrogens with two attached hydrogens (primary N) is 1. The van der Waals surface area contributed by atoms with Crippen LogP contribution in [0.25, 0.3) is 0 Å². The molecule has 0 aliphatic carbocycles. The van der Waals surface area contributed by atoms with Crippen molar-refractivity contribution in [1.29, 1.82) is 0 Å². The Labute approximate surface area is 121 Å². The normalized spacial score (nSPS) is 24.1. The van der Waals surface area contributed by atoms with Crippen LogP contribution in [0.3, 0.4) is 0 Å². The van der Waals surface area contributed by atoms with Crippen LogP contribution in [0.5, 0.6) is 0 Å². The summed E-state index contributed by atoms with van der Waals surface area (Å²) in [5.41, 5.74) is 6.77. The van der Waals surface area contributed by atoms with Gasteiger partial charge in [-0.3, -0.25) is 0 Å². The monoisotopic (exact) mass is 349 g/mol. The van der Waals surface area contributed by atoms with Crippen molar-refractivity contribution < 1.29 is 12.8 Å². The van der Waals surface area contributed by atoms with Gasteiger partial charge in [0.2, 0.25) is 0 Å².